The predicted octanol–water partition coefficient (Wildman–Crippen LogP) is 3.40. The number of amides is 1. The van der Waals surface area contributed by atoms with Gasteiger partial charge in [0, 0.05) is 49.7 Å². The molecule has 1 fully saturated rings. The molecule has 1 amide bonds. The van der Waals surface area contributed by atoms with E-state index < -0.39 is 0 Å². The Morgan fingerprint density at radius 2 is 1.70 bits per heavy atom. The standard InChI is InChI=1S/C21H22N4OS/c1-16-7-9-17(10-8-16)15-19-22-21(27-23-19)25-13-11-24(12-14-25)20(26)18-5-3-2-4-6-18/h2-10H,11-15H2,1H3. The fourth-order valence-electron chi connectivity index (χ4n) is 3.20. The molecule has 0 bridgehead atoms. The fraction of sp³-hybridized carbons (Fsp3) is 0.286. The van der Waals surface area contributed by atoms with E-state index in [1.165, 1.54) is 22.7 Å². The van der Waals surface area contributed by atoms with Gasteiger partial charge < -0.3 is 9.80 Å². The van der Waals surface area contributed by atoms with Crippen molar-refractivity contribution in [3.05, 3.63) is 77.1 Å². The van der Waals surface area contributed by atoms with Gasteiger partial charge in [0.2, 0.25) is 5.13 Å². The Morgan fingerprint density at radius 1 is 1.00 bits per heavy atom. The zero-order valence-electron chi connectivity index (χ0n) is 15.3. The number of nitrogens with zero attached hydrogens (tertiary/aromatic N) is 4. The molecule has 0 spiro atoms. The summed E-state index contributed by atoms with van der Waals surface area (Å²) in [5.41, 5.74) is 3.24. The lowest BCUT2D eigenvalue weighted by Gasteiger charge is -2.34. The molecule has 0 aliphatic carbocycles. The molecule has 0 radical (unpaired) electrons. The number of hydrogen-bond acceptors (Lipinski definition) is 5. The van der Waals surface area contributed by atoms with Crippen molar-refractivity contribution in [2.75, 3.05) is 31.1 Å². The third-order valence-electron chi connectivity index (χ3n) is 4.80. The van der Waals surface area contributed by atoms with Crippen molar-refractivity contribution in [1.29, 1.82) is 0 Å². The average molecular weight is 379 g/mol. The Balaban J connectivity index is 1.35. The molecule has 1 aliphatic heterocycles. The van der Waals surface area contributed by atoms with Crippen molar-refractivity contribution in [2.45, 2.75) is 13.3 Å². The van der Waals surface area contributed by atoms with E-state index in [1.807, 2.05) is 35.2 Å². The predicted molar refractivity (Wildman–Crippen MR) is 108 cm³/mol. The maximum Gasteiger partial charge on any atom is 0.253 e. The maximum atomic E-state index is 12.6. The minimum absolute atomic E-state index is 0.104. The Kier molecular flexibility index (Phi) is 5.16. The van der Waals surface area contributed by atoms with E-state index in [4.69, 9.17) is 4.98 Å². The van der Waals surface area contributed by atoms with Crippen molar-refractivity contribution in [1.82, 2.24) is 14.3 Å². The summed E-state index contributed by atoms with van der Waals surface area (Å²) in [4.78, 5) is 21.4. The van der Waals surface area contributed by atoms with Crippen molar-refractivity contribution in [3.8, 4) is 0 Å². The summed E-state index contributed by atoms with van der Waals surface area (Å²) in [5, 5.41) is 0.948. The highest BCUT2D eigenvalue weighted by Gasteiger charge is 2.24. The van der Waals surface area contributed by atoms with Gasteiger partial charge in [0.15, 0.2) is 0 Å². The van der Waals surface area contributed by atoms with Crippen LogP contribution >= 0.6 is 11.5 Å². The van der Waals surface area contributed by atoms with Gasteiger partial charge in [-0.1, -0.05) is 48.0 Å². The summed E-state index contributed by atoms with van der Waals surface area (Å²) in [6, 6.07) is 18.0. The molecule has 138 valence electrons. The number of anilines is 1. The number of benzene rings is 2. The zero-order valence-corrected chi connectivity index (χ0v) is 16.2. The highest BCUT2D eigenvalue weighted by molar-refractivity contribution is 7.09. The molecule has 27 heavy (non-hydrogen) atoms. The minimum atomic E-state index is 0.104. The summed E-state index contributed by atoms with van der Waals surface area (Å²) >= 11 is 1.45. The van der Waals surface area contributed by atoms with Gasteiger partial charge in [-0.3, -0.25) is 4.79 Å². The summed E-state index contributed by atoms with van der Waals surface area (Å²) < 4.78 is 4.52. The van der Waals surface area contributed by atoms with Gasteiger partial charge in [-0.15, -0.1) is 0 Å². The molecular weight excluding hydrogens is 356 g/mol. The number of hydrogen-bond donors (Lipinski definition) is 0. The summed E-state index contributed by atoms with van der Waals surface area (Å²) in [7, 11) is 0. The molecule has 0 unspecified atom stereocenters. The van der Waals surface area contributed by atoms with Gasteiger partial charge >= 0.3 is 0 Å². The van der Waals surface area contributed by atoms with Crippen LogP contribution in [0.5, 0.6) is 0 Å². The topological polar surface area (TPSA) is 49.3 Å². The first kappa shape index (κ1) is 17.7. The van der Waals surface area contributed by atoms with Gasteiger partial charge in [0.25, 0.3) is 5.91 Å². The molecule has 3 aromatic rings. The van der Waals surface area contributed by atoms with Crippen LogP contribution in [0.15, 0.2) is 54.6 Å². The Labute approximate surface area is 163 Å². The number of rotatable bonds is 4. The van der Waals surface area contributed by atoms with Gasteiger partial charge in [-0.05, 0) is 24.6 Å². The van der Waals surface area contributed by atoms with Gasteiger partial charge in [0.1, 0.15) is 5.82 Å². The number of aromatic nitrogens is 2. The number of carbonyl (C=O) groups excluding carboxylic acids is 1. The van der Waals surface area contributed by atoms with E-state index in [0.717, 1.165) is 36.0 Å². The van der Waals surface area contributed by atoms with Crippen LogP contribution in [0.4, 0.5) is 5.13 Å². The Bertz CT molecular complexity index is 899. The van der Waals surface area contributed by atoms with Crippen LogP contribution in [0.25, 0.3) is 0 Å². The minimum Gasteiger partial charge on any atom is -0.343 e. The lowest BCUT2D eigenvalue weighted by molar-refractivity contribution is 0.0747. The first-order valence-corrected chi connectivity index (χ1v) is 9.94. The van der Waals surface area contributed by atoms with Crippen molar-refractivity contribution < 1.29 is 4.79 Å². The monoisotopic (exact) mass is 378 g/mol. The van der Waals surface area contributed by atoms with Gasteiger partial charge in [0.05, 0.1) is 0 Å². The third-order valence-corrected chi connectivity index (χ3v) is 5.61. The van der Waals surface area contributed by atoms with Gasteiger partial charge in [-0.2, -0.15) is 4.37 Å². The smallest absolute Gasteiger partial charge is 0.253 e. The van der Waals surface area contributed by atoms with E-state index in [0.29, 0.717) is 13.1 Å². The second-order valence-corrected chi connectivity index (χ2v) is 7.53. The van der Waals surface area contributed by atoms with E-state index >= 15 is 0 Å². The molecule has 1 aromatic heterocycles. The Hall–Kier alpha value is -2.73. The molecule has 4 rings (SSSR count). The third kappa shape index (κ3) is 4.17. The van der Waals surface area contributed by atoms with Crippen LogP contribution in [0.3, 0.4) is 0 Å². The van der Waals surface area contributed by atoms with Crippen LogP contribution in [0.1, 0.15) is 27.3 Å². The van der Waals surface area contributed by atoms with Crippen molar-refractivity contribution in [2.24, 2.45) is 0 Å². The first-order chi connectivity index (χ1) is 13.2. The fourth-order valence-corrected chi connectivity index (χ4v) is 3.93. The average Bonchev–Trinajstić information content (AvgIpc) is 3.18. The molecule has 0 atom stereocenters. The summed E-state index contributed by atoms with van der Waals surface area (Å²) in [5.74, 6) is 0.967. The number of carbonyl (C=O) groups is 1. The summed E-state index contributed by atoms with van der Waals surface area (Å²) in [6.07, 6.45) is 0.753. The molecule has 2 aromatic carbocycles. The van der Waals surface area contributed by atoms with E-state index in [-0.39, 0.29) is 5.91 Å². The largest absolute Gasteiger partial charge is 0.343 e. The molecule has 5 nitrogen and oxygen atoms in total. The second-order valence-electron chi connectivity index (χ2n) is 6.80. The SMILES string of the molecule is Cc1ccc(Cc2nsc(N3CCN(C(=O)c4ccccc4)CC3)n2)cc1. The zero-order chi connectivity index (χ0) is 18.6. The quantitative estimate of drug-likeness (QED) is 0.698. The van der Waals surface area contributed by atoms with Crippen molar-refractivity contribution >= 4 is 22.6 Å². The molecule has 0 N–H and O–H groups in total. The summed E-state index contributed by atoms with van der Waals surface area (Å²) in [6.45, 7) is 5.09. The lowest BCUT2D eigenvalue weighted by Crippen LogP contribution is -2.48. The molecule has 2 heterocycles. The molecular formula is C21H22N4OS. The molecule has 1 aliphatic rings. The van der Waals surface area contributed by atoms with E-state index in [9.17, 15) is 4.79 Å². The molecule has 0 saturated carbocycles. The van der Waals surface area contributed by atoms with E-state index in [2.05, 4.69) is 40.5 Å². The Morgan fingerprint density at radius 3 is 2.41 bits per heavy atom. The van der Waals surface area contributed by atoms with Gasteiger partial charge in [-0.25, -0.2) is 4.98 Å². The lowest BCUT2D eigenvalue weighted by atomic mass is 10.1. The van der Waals surface area contributed by atoms with Crippen LogP contribution in [-0.2, 0) is 6.42 Å². The molecule has 1 saturated heterocycles. The van der Waals surface area contributed by atoms with E-state index in [1.54, 1.807) is 0 Å². The molecule has 6 heteroatoms. The van der Waals surface area contributed by atoms with Crippen LogP contribution in [-0.4, -0.2) is 46.3 Å². The van der Waals surface area contributed by atoms with Crippen molar-refractivity contribution in [3.63, 3.8) is 0 Å². The maximum absolute atomic E-state index is 12.6. The van der Waals surface area contributed by atoms with Crippen LogP contribution in [0.2, 0.25) is 0 Å². The number of piperazine rings is 1. The second kappa shape index (κ2) is 7.88. The highest BCUT2D eigenvalue weighted by Crippen LogP contribution is 2.21. The van der Waals surface area contributed by atoms with Crippen LogP contribution < -0.4 is 4.90 Å². The van der Waals surface area contributed by atoms with Crippen LogP contribution in [0, 0.1) is 6.92 Å². The highest BCUT2D eigenvalue weighted by atomic mass is 32.1. The number of aryl methyl sites for hydroxylation is 1. The normalized spacial score (nSPS) is 14.4. The first-order valence-electron chi connectivity index (χ1n) is 9.16.